The number of rotatable bonds is 4. The number of hydrogen-bond acceptors (Lipinski definition) is 3. The third-order valence-corrected chi connectivity index (χ3v) is 3.08. The van der Waals surface area contributed by atoms with Crippen LogP contribution in [0.2, 0.25) is 0 Å². The summed E-state index contributed by atoms with van der Waals surface area (Å²) in [5.74, 6) is 1.73. The maximum atomic E-state index is 13.8. The van der Waals surface area contributed by atoms with Gasteiger partial charge in [0, 0.05) is 12.3 Å². The van der Waals surface area contributed by atoms with Crippen molar-refractivity contribution in [1.82, 2.24) is 14.8 Å². The van der Waals surface area contributed by atoms with E-state index in [2.05, 4.69) is 10.1 Å². The van der Waals surface area contributed by atoms with Gasteiger partial charge in [-0.1, -0.05) is 12.1 Å². The van der Waals surface area contributed by atoms with Crippen LogP contribution in [0.5, 0.6) is 0 Å². The monoisotopic (exact) mass is 246 g/mol. The molecule has 1 aliphatic rings. The fourth-order valence-electron chi connectivity index (χ4n) is 1.98. The Morgan fingerprint density at radius 2 is 2.11 bits per heavy atom. The quantitative estimate of drug-likeness (QED) is 0.894. The van der Waals surface area contributed by atoms with Gasteiger partial charge in [-0.05, 0) is 31.5 Å². The molecular weight excluding hydrogens is 231 g/mol. The van der Waals surface area contributed by atoms with Crippen LogP contribution in [-0.4, -0.2) is 21.3 Å². The number of nitrogens with two attached hydrogens (primary N) is 1. The molecule has 1 aromatic carbocycles. The Balaban J connectivity index is 2.06. The minimum absolute atomic E-state index is 0.289. The molecule has 1 aliphatic carbocycles. The van der Waals surface area contributed by atoms with Crippen LogP contribution in [0.15, 0.2) is 24.3 Å². The van der Waals surface area contributed by atoms with Crippen molar-refractivity contribution >= 4 is 0 Å². The van der Waals surface area contributed by atoms with E-state index in [-0.39, 0.29) is 5.82 Å². The molecule has 2 N–H and O–H groups in total. The average Bonchev–Trinajstić information content (AvgIpc) is 3.13. The topological polar surface area (TPSA) is 56.7 Å². The van der Waals surface area contributed by atoms with E-state index in [1.807, 2.05) is 0 Å². The van der Waals surface area contributed by atoms with E-state index in [0.29, 0.717) is 24.6 Å². The molecule has 0 radical (unpaired) electrons. The van der Waals surface area contributed by atoms with Crippen molar-refractivity contribution in [2.24, 2.45) is 5.73 Å². The zero-order valence-corrected chi connectivity index (χ0v) is 10.0. The summed E-state index contributed by atoms with van der Waals surface area (Å²) in [6, 6.07) is 6.60. The smallest absolute Gasteiger partial charge is 0.154 e. The first-order valence-electron chi connectivity index (χ1n) is 6.20. The Labute approximate surface area is 105 Å². The number of nitrogens with zero attached hydrogens (tertiary/aromatic N) is 3. The summed E-state index contributed by atoms with van der Waals surface area (Å²) in [7, 11) is 0. The van der Waals surface area contributed by atoms with Crippen molar-refractivity contribution in [3.63, 3.8) is 0 Å². The molecule has 2 aromatic rings. The van der Waals surface area contributed by atoms with Gasteiger partial charge in [0.2, 0.25) is 0 Å². The van der Waals surface area contributed by atoms with E-state index in [1.165, 1.54) is 6.07 Å². The van der Waals surface area contributed by atoms with Crippen molar-refractivity contribution < 1.29 is 4.39 Å². The Bertz CT molecular complexity index is 560. The predicted octanol–water partition coefficient (Wildman–Crippen LogP) is 1.78. The maximum Gasteiger partial charge on any atom is 0.154 e. The zero-order chi connectivity index (χ0) is 12.5. The summed E-state index contributed by atoms with van der Waals surface area (Å²) in [4.78, 5) is 4.48. The van der Waals surface area contributed by atoms with Crippen molar-refractivity contribution in [1.29, 1.82) is 0 Å². The lowest BCUT2D eigenvalue weighted by Crippen LogP contribution is -2.10. The van der Waals surface area contributed by atoms with E-state index in [0.717, 1.165) is 24.5 Å². The van der Waals surface area contributed by atoms with E-state index >= 15 is 0 Å². The summed E-state index contributed by atoms with van der Waals surface area (Å²) < 4.78 is 15.4. The fraction of sp³-hybridized carbons (Fsp3) is 0.385. The van der Waals surface area contributed by atoms with Crippen molar-refractivity contribution in [2.45, 2.75) is 25.2 Å². The summed E-state index contributed by atoms with van der Waals surface area (Å²) in [5, 5.41) is 4.43. The summed E-state index contributed by atoms with van der Waals surface area (Å²) in [6.07, 6.45) is 2.86. The predicted molar refractivity (Wildman–Crippen MR) is 66.1 cm³/mol. The highest BCUT2D eigenvalue weighted by Crippen LogP contribution is 2.38. The molecule has 0 saturated heterocycles. The van der Waals surface area contributed by atoms with Crippen LogP contribution in [0.25, 0.3) is 5.69 Å². The van der Waals surface area contributed by atoms with Crippen LogP contribution in [0.1, 0.15) is 30.4 Å². The van der Waals surface area contributed by atoms with Gasteiger partial charge in [-0.2, -0.15) is 5.10 Å². The molecule has 1 fully saturated rings. The Morgan fingerprint density at radius 3 is 2.78 bits per heavy atom. The number of aromatic nitrogens is 3. The molecule has 3 rings (SSSR count). The van der Waals surface area contributed by atoms with Crippen LogP contribution in [0.3, 0.4) is 0 Å². The zero-order valence-electron chi connectivity index (χ0n) is 10.0. The van der Waals surface area contributed by atoms with E-state index < -0.39 is 0 Å². The second-order valence-electron chi connectivity index (χ2n) is 4.56. The van der Waals surface area contributed by atoms with E-state index in [9.17, 15) is 4.39 Å². The Hall–Kier alpha value is -1.75. The molecule has 18 heavy (non-hydrogen) atoms. The molecule has 4 nitrogen and oxygen atoms in total. The molecule has 0 amide bonds. The molecular formula is C13H15FN4. The van der Waals surface area contributed by atoms with Gasteiger partial charge >= 0.3 is 0 Å². The van der Waals surface area contributed by atoms with Gasteiger partial charge in [0.25, 0.3) is 0 Å². The molecule has 5 heteroatoms. The molecule has 0 unspecified atom stereocenters. The summed E-state index contributed by atoms with van der Waals surface area (Å²) >= 11 is 0. The third kappa shape index (κ3) is 2.01. The van der Waals surface area contributed by atoms with Gasteiger partial charge in [-0.15, -0.1) is 0 Å². The SMILES string of the molecule is NCCc1nc(C2CC2)nn1-c1ccccc1F. The van der Waals surface area contributed by atoms with Gasteiger partial charge in [0.15, 0.2) is 5.82 Å². The number of hydrogen-bond donors (Lipinski definition) is 1. The minimum atomic E-state index is -0.289. The Morgan fingerprint density at radius 1 is 1.33 bits per heavy atom. The normalized spacial score (nSPS) is 15.0. The Kier molecular flexibility index (Phi) is 2.83. The van der Waals surface area contributed by atoms with Crippen LogP contribution in [0.4, 0.5) is 4.39 Å². The fourth-order valence-corrected chi connectivity index (χ4v) is 1.98. The molecule has 0 bridgehead atoms. The molecule has 1 heterocycles. The van der Waals surface area contributed by atoms with Crippen LogP contribution in [0, 0.1) is 5.82 Å². The number of para-hydroxylation sites is 1. The number of halogens is 1. The molecule has 1 aromatic heterocycles. The standard InChI is InChI=1S/C13H15FN4/c14-10-3-1-2-4-11(10)18-12(7-8-15)16-13(17-18)9-5-6-9/h1-4,9H,5-8,15H2. The highest BCUT2D eigenvalue weighted by atomic mass is 19.1. The van der Waals surface area contributed by atoms with Gasteiger partial charge in [0.05, 0.1) is 0 Å². The number of benzene rings is 1. The van der Waals surface area contributed by atoms with Gasteiger partial charge in [0.1, 0.15) is 17.3 Å². The average molecular weight is 246 g/mol. The van der Waals surface area contributed by atoms with Gasteiger partial charge in [-0.25, -0.2) is 14.1 Å². The first-order valence-corrected chi connectivity index (χ1v) is 6.20. The lowest BCUT2D eigenvalue weighted by molar-refractivity contribution is 0.604. The lowest BCUT2D eigenvalue weighted by atomic mass is 10.3. The first kappa shape index (κ1) is 11.3. The largest absolute Gasteiger partial charge is 0.330 e. The maximum absolute atomic E-state index is 13.8. The second kappa shape index (κ2) is 4.49. The second-order valence-corrected chi connectivity index (χ2v) is 4.56. The molecule has 0 atom stereocenters. The van der Waals surface area contributed by atoms with Crippen LogP contribution >= 0.6 is 0 Å². The molecule has 0 aliphatic heterocycles. The van der Waals surface area contributed by atoms with Crippen LogP contribution in [-0.2, 0) is 6.42 Å². The minimum Gasteiger partial charge on any atom is -0.330 e. The van der Waals surface area contributed by atoms with E-state index in [1.54, 1.807) is 22.9 Å². The summed E-state index contributed by atoms with van der Waals surface area (Å²) in [5.41, 5.74) is 6.02. The van der Waals surface area contributed by atoms with Gasteiger partial charge in [-0.3, -0.25) is 0 Å². The highest BCUT2D eigenvalue weighted by Gasteiger charge is 2.29. The molecule has 0 spiro atoms. The van der Waals surface area contributed by atoms with Crippen molar-refractivity contribution in [2.75, 3.05) is 6.54 Å². The van der Waals surface area contributed by atoms with Crippen molar-refractivity contribution in [3.05, 3.63) is 41.7 Å². The van der Waals surface area contributed by atoms with Gasteiger partial charge < -0.3 is 5.73 Å². The summed E-state index contributed by atoms with van der Waals surface area (Å²) in [6.45, 7) is 0.483. The highest BCUT2D eigenvalue weighted by molar-refractivity contribution is 5.33. The van der Waals surface area contributed by atoms with Crippen LogP contribution < -0.4 is 5.73 Å². The third-order valence-electron chi connectivity index (χ3n) is 3.08. The molecule has 1 saturated carbocycles. The van der Waals surface area contributed by atoms with E-state index in [4.69, 9.17) is 5.73 Å². The lowest BCUT2D eigenvalue weighted by Gasteiger charge is -2.05. The first-order chi connectivity index (χ1) is 8.79. The molecule has 94 valence electrons. The van der Waals surface area contributed by atoms with Crippen molar-refractivity contribution in [3.8, 4) is 5.69 Å².